The van der Waals surface area contributed by atoms with Gasteiger partial charge in [-0.15, -0.1) is 0 Å². The number of anilines is 2. The van der Waals surface area contributed by atoms with Gasteiger partial charge in [0.25, 0.3) is 0 Å². The first-order chi connectivity index (χ1) is 12.3. The summed E-state index contributed by atoms with van der Waals surface area (Å²) in [6.07, 6.45) is 0. The highest BCUT2D eigenvalue weighted by Gasteiger charge is 2.22. The quantitative estimate of drug-likeness (QED) is 0.524. The van der Waals surface area contributed by atoms with Crippen LogP contribution in [-0.4, -0.2) is 36.1 Å². The first-order valence-electron chi connectivity index (χ1n) is 8.18. The van der Waals surface area contributed by atoms with Crippen LogP contribution < -0.4 is 9.80 Å². The SMILES string of the molecule is Fc1cccc2sc(N3CCN(c4nc5ccccc5s4)CC3)nc12. The molecule has 1 saturated heterocycles. The number of thiazole rings is 2. The van der Waals surface area contributed by atoms with Crippen LogP contribution in [-0.2, 0) is 0 Å². The first kappa shape index (κ1) is 15.0. The molecule has 5 rings (SSSR count). The van der Waals surface area contributed by atoms with Gasteiger partial charge in [0.15, 0.2) is 10.3 Å². The van der Waals surface area contributed by atoms with Crippen molar-refractivity contribution < 1.29 is 4.39 Å². The van der Waals surface area contributed by atoms with Crippen molar-refractivity contribution >= 4 is 53.4 Å². The molecule has 0 bridgehead atoms. The van der Waals surface area contributed by atoms with Crippen molar-refractivity contribution in [3.05, 3.63) is 48.3 Å². The fourth-order valence-corrected chi connectivity index (χ4v) is 5.17. The van der Waals surface area contributed by atoms with Gasteiger partial charge in [-0.05, 0) is 24.3 Å². The van der Waals surface area contributed by atoms with Crippen LogP contribution in [0.1, 0.15) is 0 Å². The van der Waals surface area contributed by atoms with Gasteiger partial charge in [0, 0.05) is 26.2 Å². The molecule has 4 aromatic rings. The van der Waals surface area contributed by atoms with Crippen LogP contribution >= 0.6 is 22.7 Å². The molecule has 7 heteroatoms. The van der Waals surface area contributed by atoms with Crippen LogP contribution in [0.2, 0.25) is 0 Å². The maximum atomic E-state index is 13.9. The molecule has 0 aliphatic carbocycles. The van der Waals surface area contributed by atoms with Gasteiger partial charge in [0.2, 0.25) is 0 Å². The number of nitrogens with zero attached hydrogens (tertiary/aromatic N) is 4. The third-order valence-corrected chi connectivity index (χ3v) is 6.64. The summed E-state index contributed by atoms with van der Waals surface area (Å²) in [4.78, 5) is 13.8. The van der Waals surface area contributed by atoms with Crippen molar-refractivity contribution in [2.24, 2.45) is 0 Å². The third kappa shape index (κ3) is 2.63. The minimum absolute atomic E-state index is 0.242. The first-order valence-corrected chi connectivity index (χ1v) is 9.82. The van der Waals surface area contributed by atoms with E-state index in [1.807, 2.05) is 12.1 Å². The van der Waals surface area contributed by atoms with Crippen LogP contribution in [0.5, 0.6) is 0 Å². The van der Waals surface area contributed by atoms with Gasteiger partial charge in [0.1, 0.15) is 11.3 Å². The summed E-state index contributed by atoms with van der Waals surface area (Å²) < 4.78 is 16.0. The Hall–Kier alpha value is -2.25. The van der Waals surface area contributed by atoms with E-state index in [1.54, 1.807) is 28.7 Å². The van der Waals surface area contributed by atoms with Crippen LogP contribution in [0.15, 0.2) is 42.5 Å². The molecule has 25 heavy (non-hydrogen) atoms. The minimum atomic E-state index is -0.242. The molecule has 0 N–H and O–H groups in total. The summed E-state index contributed by atoms with van der Waals surface area (Å²) >= 11 is 3.30. The molecule has 0 spiro atoms. The molecule has 0 atom stereocenters. The molecular formula is C18H15FN4S2. The van der Waals surface area contributed by atoms with Crippen molar-refractivity contribution in [3.63, 3.8) is 0 Å². The van der Waals surface area contributed by atoms with E-state index in [0.717, 1.165) is 46.7 Å². The van der Waals surface area contributed by atoms with Crippen LogP contribution in [0.25, 0.3) is 20.4 Å². The van der Waals surface area contributed by atoms with Crippen molar-refractivity contribution in [1.82, 2.24) is 9.97 Å². The zero-order valence-corrected chi connectivity index (χ0v) is 15.0. The summed E-state index contributed by atoms with van der Waals surface area (Å²) in [5.41, 5.74) is 1.54. The molecule has 0 amide bonds. The third-order valence-electron chi connectivity index (χ3n) is 4.46. The van der Waals surface area contributed by atoms with Gasteiger partial charge >= 0.3 is 0 Å². The molecule has 4 nitrogen and oxygen atoms in total. The number of aromatic nitrogens is 2. The monoisotopic (exact) mass is 370 g/mol. The fourth-order valence-electron chi connectivity index (χ4n) is 3.12. The topological polar surface area (TPSA) is 32.3 Å². The molecule has 0 unspecified atom stereocenters. The Morgan fingerprint density at radius 2 is 1.40 bits per heavy atom. The maximum Gasteiger partial charge on any atom is 0.186 e. The van der Waals surface area contributed by atoms with E-state index in [-0.39, 0.29) is 5.82 Å². The Balaban J connectivity index is 1.35. The highest BCUT2D eigenvalue weighted by Crippen LogP contribution is 2.33. The molecule has 126 valence electrons. The lowest BCUT2D eigenvalue weighted by atomic mass is 10.3. The number of para-hydroxylation sites is 2. The molecular weight excluding hydrogens is 355 g/mol. The van der Waals surface area contributed by atoms with Crippen LogP contribution in [0, 0.1) is 5.82 Å². The van der Waals surface area contributed by atoms with E-state index < -0.39 is 0 Å². The smallest absolute Gasteiger partial charge is 0.186 e. The largest absolute Gasteiger partial charge is 0.345 e. The van der Waals surface area contributed by atoms with Gasteiger partial charge in [-0.1, -0.05) is 40.9 Å². The van der Waals surface area contributed by atoms with E-state index in [2.05, 4.69) is 33.0 Å². The number of halogens is 1. The van der Waals surface area contributed by atoms with Gasteiger partial charge in [-0.3, -0.25) is 0 Å². The molecule has 0 radical (unpaired) electrons. The summed E-state index contributed by atoms with van der Waals surface area (Å²) in [6.45, 7) is 3.55. The highest BCUT2D eigenvalue weighted by atomic mass is 32.1. The van der Waals surface area contributed by atoms with E-state index in [9.17, 15) is 4.39 Å². The Labute approximate surface area is 152 Å². The Bertz CT molecular complexity index is 1020. The van der Waals surface area contributed by atoms with E-state index >= 15 is 0 Å². The minimum Gasteiger partial charge on any atom is -0.345 e. The molecule has 2 aromatic carbocycles. The fraction of sp³-hybridized carbons (Fsp3) is 0.222. The van der Waals surface area contributed by atoms with Gasteiger partial charge in [-0.2, -0.15) is 0 Å². The molecule has 1 aliphatic heterocycles. The standard InChI is InChI=1S/C18H15FN4S2/c19-12-4-3-7-15-16(12)21-18(25-15)23-10-8-22(9-11-23)17-20-13-5-1-2-6-14(13)24-17/h1-7H,8-11H2. The number of fused-ring (bicyclic) bond motifs is 2. The van der Waals surface area contributed by atoms with Gasteiger partial charge in [-0.25, -0.2) is 14.4 Å². The molecule has 1 aliphatic rings. The van der Waals surface area contributed by atoms with Crippen molar-refractivity contribution in [2.45, 2.75) is 0 Å². The second-order valence-corrected chi connectivity index (χ2v) is 8.04. The molecule has 0 saturated carbocycles. The van der Waals surface area contributed by atoms with E-state index in [0.29, 0.717) is 5.52 Å². The van der Waals surface area contributed by atoms with Crippen molar-refractivity contribution in [3.8, 4) is 0 Å². The summed E-state index contributed by atoms with van der Waals surface area (Å²) in [7, 11) is 0. The second kappa shape index (κ2) is 5.93. The number of benzene rings is 2. The van der Waals surface area contributed by atoms with Gasteiger partial charge in [0.05, 0.1) is 14.9 Å². The summed E-state index contributed by atoms with van der Waals surface area (Å²) in [6, 6.07) is 13.4. The molecule has 3 heterocycles. The number of piperazine rings is 1. The zero-order valence-electron chi connectivity index (χ0n) is 13.4. The molecule has 2 aromatic heterocycles. The van der Waals surface area contributed by atoms with Gasteiger partial charge < -0.3 is 9.80 Å². The van der Waals surface area contributed by atoms with Crippen LogP contribution in [0.3, 0.4) is 0 Å². The Morgan fingerprint density at radius 1 is 0.760 bits per heavy atom. The lowest BCUT2D eigenvalue weighted by molar-refractivity contribution is 0.635. The van der Waals surface area contributed by atoms with Crippen molar-refractivity contribution in [1.29, 1.82) is 0 Å². The molecule has 1 fully saturated rings. The Morgan fingerprint density at radius 3 is 2.12 bits per heavy atom. The van der Waals surface area contributed by atoms with Crippen LogP contribution in [0.4, 0.5) is 14.7 Å². The maximum absolute atomic E-state index is 13.9. The average Bonchev–Trinajstić information content (AvgIpc) is 3.27. The predicted molar refractivity (Wildman–Crippen MR) is 104 cm³/mol. The lowest BCUT2D eigenvalue weighted by Gasteiger charge is -2.34. The normalized spacial score (nSPS) is 15.4. The van der Waals surface area contributed by atoms with Crippen molar-refractivity contribution in [2.75, 3.05) is 36.0 Å². The average molecular weight is 370 g/mol. The number of rotatable bonds is 2. The highest BCUT2D eigenvalue weighted by molar-refractivity contribution is 7.22. The zero-order chi connectivity index (χ0) is 16.8. The lowest BCUT2D eigenvalue weighted by Crippen LogP contribution is -2.46. The number of hydrogen-bond acceptors (Lipinski definition) is 6. The van der Waals surface area contributed by atoms with E-state index in [4.69, 9.17) is 4.98 Å². The summed E-state index contributed by atoms with van der Waals surface area (Å²) in [5, 5.41) is 1.99. The van der Waals surface area contributed by atoms with E-state index in [1.165, 1.54) is 10.8 Å². The second-order valence-electron chi connectivity index (χ2n) is 6.02. The predicted octanol–water partition coefficient (Wildman–Crippen LogP) is 4.37. The Kier molecular flexibility index (Phi) is 3.57. The number of hydrogen-bond donors (Lipinski definition) is 0. The summed E-state index contributed by atoms with van der Waals surface area (Å²) in [5.74, 6) is -0.242.